The maximum atomic E-state index is 12.5. The Morgan fingerprint density at radius 2 is 1.95 bits per heavy atom. The monoisotopic (exact) mass is 302 g/mol. The van der Waals surface area contributed by atoms with Gasteiger partial charge >= 0.3 is 5.97 Å². The highest BCUT2D eigenvalue weighted by Crippen LogP contribution is 2.22. The number of aryl methyl sites for hydroxylation is 1. The molecule has 1 amide bonds. The van der Waals surface area contributed by atoms with E-state index >= 15 is 0 Å². The second-order valence-electron chi connectivity index (χ2n) is 5.16. The normalized spacial score (nSPS) is 10.7. The molecule has 5 heteroatoms. The Morgan fingerprint density at radius 1 is 1.23 bits per heavy atom. The van der Waals surface area contributed by atoms with Gasteiger partial charge in [-0.3, -0.25) is 9.59 Å². The average molecular weight is 302 g/mol. The molecule has 1 heterocycles. The molecule has 0 bridgehead atoms. The predicted molar refractivity (Wildman–Crippen MR) is 85.6 cm³/mol. The number of nitrogens with one attached hydrogen (secondary N) is 1. The molecular formula is C17H22N2O3. The number of rotatable bonds is 6. The van der Waals surface area contributed by atoms with Gasteiger partial charge < -0.3 is 14.6 Å². The highest BCUT2D eigenvalue weighted by atomic mass is 16.5. The zero-order valence-corrected chi connectivity index (χ0v) is 13.3. The van der Waals surface area contributed by atoms with Gasteiger partial charge in [0.1, 0.15) is 6.54 Å². The number of H-pyrrole nitrogens is 1. The molecule has 5 nitrogen and oxygen atoms in total. The van der Waals surface area contributed by atoms with Gasteiger partial charge in [-0.15, -0.1) is 0 Å². The van der Waals surface area contributed by atoms with E-state index in [0.717, 1.165) is 22.2 Å². The van der Waals surface area contributed by atoms with Crippen molar-refractivity contribution >= 4 is 22.8 Å². The number of nitrogens with zero attached hydrogens (tertiary/aromatic N) is 1. The van der Waals surface area contributed by atoms with Crippen LogP contribution in [0, 0.1) is 6.92 Å². The third-order valence-corrected chi connectivity index (χ3v) is 3.71. The predicted octanol–water partition coefficient (Wildman–Crippen LogP) is 2.43. The van der Waals surface area contributed by atoms with Crippen LogP contribution in [0.5, 0.6) is 0 Å². The van der Waals surface area contributed by atoms with Crippen LogP contribution in [0.25, 0.3) is 10.9 Å². The van der Waals surface area contributed by atoms with Crippen molar-refractivity contribution in [3.8, 4) is 0 Å². The maximum absolute atomic E-state index is 12.5. The van der Waals surface area contributed by atoms with Crippen molar-refractivity contribution < 1.29 is 14.3 Å². The molecule has 0 saturated carbocycles. The van der Waals surface area contributed by atoms with E-state index in [9.17, 15) is 9.59 Å². The number of aromatic amines is 1. The first-order chi connectivity index (χ1) is 10.6. The van der Waals surface area contributed by atoms with Crippen molar-refractivity contribution in [1.82, 2.24) is 9.88 Å². The van der Waals surface area contributed by atoms with Crippen LogP contribution in [-0.4, -0.2) is 41.5 Å². The lowest BCUT2D eigenvalue weighted by Crippen LogP contribution is -2.37. The second-order valence-corrected chi connectivity index (χ2v) is 5.16. The molecule has 2 rings (SSSR count). The summed E-state index contributed by atoms with van der Waals surface area (Å²) < 4.78 is 4.91. The lowest BCUT2D eigenvalue weighted by atomic mass is 10.1. The van der Waals surface area contributed by atoms with Gasteiger partial charge in [0.05, 0.1) is 13.0 Å². The van der Waals surface area contributed by atoms with E-state index in [0.29, 0.717) is 13.2 Å². The number of esters is 1. The average Bonchev–Trinajstić information content (AvgIpc) is 2.81. The van der Waals surface area contributed by atoms with Crippen molar-refractivity contribution in [3.05, 3.63) is 35.5 Å². The molecule has 1 aromatic carbocycles. The van der Waals surface area contributed by atoms with Crippen LogP contribution < -0.4 is 0 Å². The summed E-state index contributed by atoms with van der Waals surface area (Å²) in [6.07, 6.45) is 0.281. The summed E-state index contributed by atoms with van der Waals surface area (Å²) in [5.41, 5.74) is 3.00. The Hall–Kier alpha value is -2.30. The lowest BCUT2D eigenvalue weighted by molar-refractivity contribution is -0.148. The molecule has 118 valence electrons. The zero-order chi connectivity index (χ0) is 16.1. The number of hydrogen-bond donors (Lipinski definition) is 1. The summed E-state index contributed by atoms with van der Waals surface area (Å²) in [6, 6.07) is 7.92. The minimum atomic E-state index is -0.367. The molecule has 0 atom stereocenters. The van der Waals surface area contributed by atoms with Crippen molar-refractivity contribution in [1.29, 1.82) is 0 Å². The second kappa shape index (κ2) is 7.11. The van der Waals surface area contributed by atoms with Gasteiger partial charge in [0.25, 0.3) is 0 Å². The lowest BCUT2D eigenvalue weighted by Gasteiger charge is -2.19. The molecule has 0 aliphatic heterocycles. The number of para-hydroxylation sites is 1. The molecule has 0 spiro atoms. The van der Waals surface area contributed by atoms with Gasteiger partial charge in [0.15, 0.2) is 0 Å². The number of benzene rings is 1. The van der Waals surface area contributed by atoms with Crippen molar-refractivity contribution in [2.45, 2.75) is 27.2 Å². The van der Waals surface area contributed by atoms with Gasteiger partial charge in [-0.2, -0.15) is 0 Å². The van der Waals surface area contributed by atoms with Crippen LogP contribution in [0.3, 0.4) is 0 Å². The Balaban J connectivity index is 2.15. The molecule has 0 saturated heterocycles. The minimum Gasteiger partial charge on any atom is -0.465 e. The number of carbonyl (C=O) groups excluding carboxylic acids is 2. The standard InChI is InChI=1S/C17H22N2O3/c1-4-19(11-17(21)22-5-2)16(20)10-14-12(3)18-15-9-7-6-8-13(14)15/h6-9,18H,4-5,10-11H2,1-3H3. The topological polar surface area (TPSA) is 62.4 Å². The van der Waals surface area contributed by atoms with Gasteiger partial charge in [-0.1, -0.05) is 18.2 Å². The van der Waals surface area contributed by atoms with Crippen LogP contribution in [0.4, 0.5) is 0 Å². The summed E-state index contributed by atoms with van der Waals surface area (Å²) in [5, 5.41) is 1.06. The highest BCUT2D eigenvalue weighted by Gasteiger charge is 2.19. The summed E-state index contributed by atoms with van der Waals surface area (Å²) >= 11 is 0. The number of carbonyl (C=O) groups is 2. The molecule has 0 aliphatic rings. The van der Waals surface area contributed by atoms with Gasteiger partial charge in [-0.25, -0.2) is 0 Å². The first-order valence-electron chi connectivity index (χ1n) is 7.56. The highest BCUT2D eigenvalue weighted by molar-refractivity contribution is 5.91. The third kappa shape index (κ3) is 3.47. The van der Waals surface area contributed by atoms with Crippen LogP contribution in [0.15, 0.2) is 24.3 Å². The fourth-order valence-corrected chi connectivity index (χ4v) is 2.56. The fourth-order valence-electron chi connectivity index (χ4n) is 2.56. The molecule has 1 N–H and O–H groups in total. The fraction of sp³-hybridized carbons (Fsp3) is 0.412. The Morgan fingerprint density at radius 3 is 2.64 bits per heavy atom. The van der Waals surface area contributed by atoms with Crippen molar-refractivity contribution in [2.24, 2.45) is 0 Å². The van der Waals surface area contributed by atoms with Gasteiger partial charge in [-0.05, 0) is 32.4 Å². The van der Waals surface area contributed by atoms with E-state index in [1.54, 1.807) is 6.92 Å². The molecule has 0 aliphatic carbocycles. The quantitative estimate of drug-likeness (QED) is 0.834. The maximum Gasteiger partial charge on any atom is 0.325 e. The molecule has 1 aromatic heterocycles. The van der Waals surface area contributed by atoms with Crippen molar-refractivity contribution in [2.75, 3.05) is 19.7 Å². The third-order valence-electron chi connectivity index (χ3n) is 3.71. The van der Waals surface area contributed by atoms with Gasteiger partial charge in [0.2, 0.25) is 5.91 Å². The van der Waals surface area contributed by atoms with Crippen molar-refractivity contribution in [3.63, 3.8) is 0 Å². The summed E-state index contributed by atoms with van der Waals surface area (Å²) in [7, 11) is 0. The Kier molecular flexibility index (Phi) is 5.20. The number of fused-ring (bicyclic) bond motifs is 1. The summed E-state index contributed by atoms with van der Waals surface area (Å²) in [6.45, 7) is 6.39. The Bertz CT molecular complexity index is 676. The molecule has 0 fully saturated rings. The van der Waals surface area contributed by atoms with Crippen LogP contribution in [-0.2, 0) is 20.7 Å². The number of aromatic nitrogens is 1. The molecule has 2 aromatic rings. The summed E-state index contributed by atoms with van der Waals surface area (Å²) in [4.78, 5) is 28.9. The van der Waals surface area contributed by atoms with E-state index < -0.39 is 0 Å². The van der Waals surface area contributed by atoms with E-state index in [1.165, 1.54) is 4.90 Å². The first kappa shape index (κ1) is 16.1. The number of hydrogen-bond acceptors (Lipinski definition) is 3. The number of likely N-dealkylation sites (N-methyl/N-ethyl adjacent to an activating group) is 1. The molecule has 0 unspecified atom stereocenters. The van der Waals surface area contributed by atoms with E-state index in [-0.39, 0.29) is 24.8 Å². The SMILES string of the molecule is CCOC(=O)CN(CC)C(=O)Cc1c(C)[nH]c2ccccc12. The van der Waals surface area contributed by atoms with E-state index in [2.05, 4.69) is 4.98 Å². The van der Waals surface area contributed by atoms with E-state index in [1.807, 2.05) is 38.1 Å². The Labute approximate surface area is 130 Å². The number of amides is 1. The van der Waals surface area contributed by atoms with Gasteiger partial charge in [0, 0.05) is 23.1 Å². The van der Waals surface area contributed by atoms with Crippen LogP contribution in [0.1, 0.15) is 25.1 Å². The molecule has 22 heavy (non-hydrogen) atoms. The van der Waals surface area contributed by atoms with E-state index in [4.69, 9.17) is 4.74 Å². The smallest absolute Gasteiger partial charge is 0.325 e. The van der Waals surface area contributed by atoms with Crippen LogP contribution in [0.2, 0.25) is 0 Å². The molecule has 0 radical (unpaired) electrons. The number of ether oxygens (including phenoxy) is 1. The molecular weight excluding hydrogens is 280 g/mol. The van der Waals surface area contributed by atoms with Crippen LogP contribution >= 0.6 is 0 Å². The largest absolute Gasteiger partial charge is 0.465 e. The zero-order valence-electron chi connectivity index (χ0n) is 13.3. The first-order valence-corrected chi connectivity index (χ1v) is 7.56. The minimum absolute atomic E-state index is 0.00454. The summed E-state index contributed by atoms with van der Waals surface area (Å²) in [5.74, 6) is -0.434.